The van der Waals surface area contributed by atoms with Gasteiger partial charge in [-0.25, -0.2) is 4.98 Å². The molecular weight excluding hydrogens is 336 g/mol. The number of carbonyl (C=O) groups is 1. The van der Waals surface area contributed by atoms with E-state index in [1.807, 2.05) is 19.3 Å². The van der Waals surface area contributed by atoms with E-state index in [4.69, 9.17) is 0 Å². The molecule has 1 aliphatic heterocycles. The van der Waals surface area contributed by atoms with Gasteiger partial charge in [0.1, 0.15) is 5.82 Å². The minimum atomic E-state index is 0.307. The van der Waals surface area contributed by atoms with E-state index in [0.717, 1.165) is 51.4 Å². The van der Waals surface area contributed by atoms with E-state index in [2.05, 4.69) is 43.6 Å². The number of hydrogen-bond acceptors (Lipinski definition) is 3. The molecule has 2 heterocycles. The highest BCUT2D eigenvalue weighted by Crippen LogP contribution is 2.25. The largest absolute Gasteiger partial charge is 0.340 e. The van der Waals surface area contributed by atoms with Gasteiger partial charge in [-0.3, -0.25) is 9.69 Å². The van der Waals surface area contributed by atoms with E-state index in [1.54, 1.807) is 0 Å². The molecule has 1 atom stereocenters. The number of hydrogen-bond donors (Lipinski definition) is 0. The summed E-state index contributed by atoms with van der Waals surface area (Å²) in [5.74, 6) is 1.33. The zero-order valence-electron chi connectivity index (χ0n) is 16.3. The molecule has 1 saturated heterocycles. The third kappa shape index (κ3) is 4.24. The molecule has 2 aromatic rings. The minimum Gasteiger partial charge on any atom is -0.340 e. The summed E-state index contributed by atoms with van der Waals surface area (Å²) in [7, 11) is 0. The van der Waals surface area contributed by atoms with Crippen LogP contribution in [0.25, 0.3) is 0 Å². The van der Waals surface area contributed by atoms with Crippen LogP contribution in [0.15, 0.2) is 36.7 Å². The molecule has 5 nitrogen and oxygen atoms in total. The number of aromatic nitrogens is 2. The molecule has 1 fully saturated rings. The van der Waals surface area contributed by atoms with Crippen molar-refractivity contribution < 1.29 is 4.79 Å². The molecule has 0 spiro atoms. The van der Waals surface area contributed by atoms with Gasteiger partial charge < -0.3 is 9.47 Å². The lowest BCUT2D eigenvalue weighted by Gasteiger charge is -2.41. The molecule has 144 valence electrons. The molecule has 0 N–H and O–H groups in total. The van der Waals surface area contributed by atoms with E-state index in [0.29, 0.717) is 18.4 Å². The van der Waals surface area contributed by atoms with Crippen LogP contribution in [-0.4, -0.2) is 57.5 Å². The first-order valence-corrected chi connectivity index (χ1v) is 10.3. The molecule has 1 aromatic heterocycles. The quantitative estimate of drug-likeness (QED) is 0.817. The Bertz CT molecular complexity index is 776. The molecule has 4 rings (SSSR count). The average Bonchev–Trinajstić information content (AvgIpc) is 3.12. The van der Waals surface area contributed by atoms with Gasteiger partial charge in [0.2, 0.25) is 5.91 Å². The number of fused-ring (bicyclic) bond motifs is 1. The molecule has 27 heavy (non-hydrogen) atoms. The highest BCUT2D eigenvalue weighted by atomic mass is 16.2. The summed E-state index contributed by atoms with van der Waals surface area (Å²) >= 11 is 0. The van der Waals surface area contributed by atoms with Crippen LogP contribution < -0.4 is 0 Å². The Kier molecular flexibility index (Phi) is 5.58. The van der Waals surface area contributed by atoms with Crippen LogP contribution in [0.4, 0.5) is 0 Å². The summed E-state index contributed by atoms with van der Waals surface area (Å²) in [6.07, 6.45) is 8.92. The van der Waals surface area contributed by atoms with E-state index in [9.17, 15) is 4.79 Å². The Morgan fingerprint density at radius 2 is 1.93 bits per heavy atom. The lowest BCUT2D eigenvalue weighted by Crippen LogP contribution is -2.53. The predicted molar refractivity (Wildman–Crippen MR) is 107 cm³/mol. The monoisotopic (exact) mass is 366 g/mol. The van der Waals surface area contributed by atoms with Crippen LogP contribution >= 0.6 is 0 Å². The van der Waals surface area contributed by atoms with Gasteiger partial charge in [0.05, 0.1) is 0 Å². The molecule has 1 aliphatic carbocycles. The normalized spacial score (nSPS) is 20.5. The summed E-state index contributed by atoms with van der Waals surface area (Å²) in [6, 6.07) is 9.50. The summed E-state index contributed by atoms with van der Waals surface area (Å²) in [5, 5.41) is 0. The Labute approximate surface area is 162 Å². The zero-order valence-corrected chi connectivity index (χ0v) is 16.3. The fourth-order valence-electron chi connectivity index (χ4n) is 4.53. The standard InChI is InChI=1S/C22H30N4O/c1-18-23-10-12-24(18)11-4-7-22(27)26-15-13-25(14-16-26)21-9-8-19-5-2-3-6-20(19)17-21/h2-3,5-6,10,12,21H,4,7-9,11,13-17H2,1H3/t21-/m1/s1. The second-order valence-electron chi connectivity index (χ2n) is 7.85. The first-order chi connectivity index (χ1) is 13.2. The van der Waals surface area contributed by atoms with Gasteiger partial charge in [0.25, 0.3) is 0 Å². The van der Waals surface area contributed by atoms with Crippen LogP contribution in [0.5, 0.6) is 0 Å². The predicted octanol–water partition coefficient (Wildman–Crippen LogP) is 2.67. The Morgan fingerprint density at radius 1 is 1.15 bits per heavy atom. The molecule has 5 heteroatoms. The van der Waals surface area contributed by atoms with Crippen molar-refractivity contribution >= 4 is 5.91 Å². The van der Waals surface area contributed by atoms with Crippen LogP contribution in [0, 0.1) is 6.92 Å². The van der Waals surface area contributed by atoms with Crippen LogP contribution in [0.3, 0.4) is 0 Å². The zero-order chi connectivity index (χ0) is 18.6. The van der Waals surface area contributed by atoms with Gasteiger partial charge in [-0.2, -0.15) is 0 Å². The molecule has 1 amide bonds. The summed E-state index contributed by atoms with van der Waals surface area (Å²) in [5.41, 5.74) is 3.04. The second-order valence-corrected chi connectivity index (χ2v) is 7.85. The van der Waals surface area contributed by atoms with E-state index in [1.165, 1.54) is 24.0 Å². The molecule has 0 unspecified atom stereocenters. The molecule has 0 radical (unpaired) electrons. The van der Waals surface area contributed by atoms with Gasteiger partial charge in [0, 0.05) is 57.6 Å². The highest BCUT2D eigenvalue weighted by molar-refractivity contribution is 5.76. The van der Waals surface area contributed by atoms with E-state index < -0.39 is 0 Å². The molecule has 2 aliphatic rings. The smallest absolute Gasteiger partial charge is 0.222 e. The van der Waals surface area contributed by atoms with Gasteiger partial charge in [0.15, 0.2) is 0 Å². The molecule has 1 aromatic carbocycles. The van der Waals surface area contributed by atoms with Crippen molar-refractivity contribution in [1.82, 2.24) is 19.4 Å². The molecule has 0 bridgehead atoms. The first-order valence-electron chi connectivity index (χ1n) is 10.3. The van der Waals surface area contributed by atoms with Crippen molar-refractivity contribution in [1.29, 1.82) is 0 Å². The highest BCUT2D eigenvalue weighted by Gasteiger charge is 2.28. The second kappa shape index (κ2) is 8.26. The number of aryl methyl sites for hydroxylation is 3. The Morgan fingerprint density at radius 3 is 2.67 bits per heavy atom. The third-order valence-electron chi connectivity index (χ3n) is 6.22. The Hall–Kier alpha value is -2.14. The van der Waals surface area contributed by atoms with E-state index in [-0.39, 0.29) is 0 Å². The number of piperazine rings is 1. The van der Waals surface area contributed by atoms with Gasteiger partial charge in [-0.1, -0.05) is 24.3 Å². The van der Waals surface area contributed by atoms with Gasteiger partial charge in [-0.15, -0.1) is 0 Å². The van der Waals surface area contributed by atoms with Gasteiger partial charge in [-0.05, 0) is 43.7 Å². The topological polar surface area (TPSA) is 41.4 Å². The summed E-state index contributed by atoms with van der Waals surface area (Å²) < 4.78 is 2.12. The third-order valence-corrected chi connectivity index (χ3v) is 6.22. The van der Waals surface area contributed by atoms with Crippen LogP contribution in [-0.2, 0) is 24.2 Å². The maximum atomic E-state index is 12.5. The van der Waals surface area contributed by atoms with Crippen molar-refractivity contribution in [3.63, 3.8) is 0 Å². The first kappa shape index (κ1) is 18.2. The lowest BCUT2D eigenvalue weighted by atomic mass is 9.87. The van der Waals surface area contributed by atoms with Gasteiger partial charge >= 0.3 is 0 Å². The molecular formula is C22H30N4O. The maximum absolute atomic E-state index is 12.5. The van der Waals surface area contributed by atoms with Crippen molar-refractivity contribution in [3.8, 4) is 0 Å². The van der Waals surface area contributed by atoms with Crippen LogP contribution in [0.1, 0.15) is 36.2 Å². The lowest BCUT2D eigenvalue weighted by molar-refractivity contribution is -0.133. The van der Waals surface area contributed by atoms with Crippen molar-refractivity contribution in [2.45, 2.75) is 51.6 Å². The number of rotatable bonds is 5. The van der Waals surface area contributed by atoms with E-state index >= 15 is 0 Å². The summed E-state index contributed by atoms with van der Waals surface area (Å²) in [6.45, 7) is 6.66. The van der Waals surface area contributed by atoms with Crippen molar-refractivity contribution in [2.75, 3.05) is 26.2 Å². The number of nitrogens with zero attached hydrogens (tertiary/aromatic N) is 4. The van der Waals surface area contributed by atoms with Crippen LogP contribution in [0.2, 0.25) is 0 Å². The van der Waals surface area contributed by atoms with Crippen molar-refractivity contribution in [2.24, 2.45) is 0 Å². The summed E-state index contributed by atoms with van der Waals surface area (Å²) in [4.78, 5) is 21.4. The van der Waals surface area contributed by atoms with Crippen molar-refractivity contribution in [3.05, 3.63) is 53.6 Å². The fraction of sp³-hybridized carbons (Fsp3) is 0.545. The minimum absolute atomic E-state index is 0.307. The maximum Gasteiger partial charge on any atom is 0.222 e. The SMILES string of the molecule is Cc1nccn1CCCC(=O)N1CCN([C@@H]2CCc3ccccc3C2)CC1. The number of carbonyl (C=O) groups excluding carboxylic acids is 1. The average molecular weight is 367 g/mol. The Balaban J connectivity index is 1.22. The fourth-order valence-corrected chi connectivity index (χ4v) is 4.53. The number of imidazole rings is 1. The number of amides is 1. The molecule has 0 saturated carbocycles. The number of benzene rings is 1.